The van der Waals surface area contributed by atoms with Crippen molar-refractivity contribution in [2.45, 2.75) is 25.5 Å². The highest BCUT2D eigenvalue weighted by Gasteiger charge is 2.32. The molecule has 0 bridgehead atoms. The maximum Gasteiger partial charge on any atom is 0.262 e. The number of hydrogen-bond acceptors (Lipinski definition) is 3. The number of benzene rings is 2. The Morgan fingerprint density at radius 2 is 1.92 bits per heavy atom. The van der Waals surface area contributed by atoms with Gasteiger partial charge in [-0.1, -0.05) is 47.5 Å². The molecule has 0 saturated heterocycles. The molecule has 2 aromatic rings. The monoisotopic (exact) mass is 362 g/mol. The lowest BCUT2D eigenvalue weighted by Gasteiger charge is -2.26. The highest BCUT2D eigenvalue weighted by atomic mass is 35.5. The van der Waals surface area contributed by atoms with Crippen LogP contribution in [0.25, 0.3) is 0 Å². The van der Waals surface area contributed by atoms with E-state index in [4.69, 9.17) is 27.9 Å². The number of nitrogens with one attached hydrogen (secondary N) is 1. The Morgan fingerprint density at radius 1 is 1.25 bits per heavy atom. The van der Waals surface area contributed by atoms with Gasteiger partial charge >= 0.3 is 0 Å². The summed E-state index contributed by atoms with van der Waals surface area (Å²) in [5.41, 5.74) is -0.830. The van der Waals surface area contributed by atoms with Crippen LogP contribution in [0.4, 0.5) is 0 Å². The van der Waals surface area contributed by atoms with Crippen molar-refractivity contribution < 1.29 is 9.53 Å². The molecule has 0 saturated carbocycles. The molecule has 0 radical (unpaired) electrons. The number of nitriles is 1. The van der Waals surface area contributed by atoms with Crippen molar-refractivity contribution in [3.63, 3.8) is 0 Å². The SMILES string of the molecule is CC(Oc1ccccc1)C(=O)NC(C)(C#N)c1ccc(Cl)cc1Cl. The summed E-state index contributed by atoms with van der Waals surface area (Å²) in [6.45, 7) is 3.19. The molecule has 124 valence electrons. The van der Waals surface area contributed by atoms with E-state index in [1.54, 1.807) is 38.1 Å². The third kappa shape index (κ3) is 4.19. The first-order valence-electron chi connectivity index (χ1n) is 7.26. The van der Waals surface area contributed by atoms with Gasteiger partial charge in [0.1, 0.15) is 5.75 Å². The molecule has 1 amide bonds. The average Bonchev–Trinajstić information content (AvgIpc) is 2.55. The van der Waals surface area contributed by atoms with Crippen LogP contribution in [0.2, 0.25) is 10.0 Å². The van der Waals surface area contributed by atoms with Gasteiger partial charge in [-0.25, -0.2) is 0 Å². The van der Waals surface area contributed by atoms with Crippen molar-refractivity contribution in [1.82, 2.24) is 5.32 Å². The molecule has 2 rings (SSSR count). The van der Waals surface area contributed by atoms with Crippen LogP contribution in [0.1, 0.15) is 19.4 Å². The van der Waals surface area contributed by atoms with Crippen LogP contribution < -0.4 is 10.1 Å². The summed E-state index contributed by atoms with van der Waals surface area (Å²) < 4.78 is 5.58. The fraction of sp³-hybridized carbons (Fsp3) is 0.222. The average molecular weight is 363 g/mol. The summed E-state index contributed by atoms with van der Waals surface area (Å²) in [6, 6.07) is 15.8. The first kappa shape index (κ1) is 18.1. The van der Waals surface area contributed by atoms with Crippen molar-refractivity contribution in [2.75, 3.05) is 0 Å². The summed E-state index contributed by atoms with van der Waals surface area (Å²) in [5.74, 6) is 0.150. The lowest BCUT2D eigenvalue weighted by atomic mass is 9.93. The van der Waals surface area contributed by atoms with E-state index in [0.29, 0.717) is 21.4 Å². The molecule has 2 unspecified atom stereocenters. The summed E-state index contributed by atoms with van der Waals surface area (Å²) >= 11 is 12.0. The molecule has 0 aliphatic heterocycles. The molecular formula is C18H16Cl2N2O2. The predicted octanol–water partition coefficient (Wildman–Crippen LogP) is 4.32. The quantitative estimate of drug-likeness (QED) is 0.861. The molecular weight excluding hydrogens is 347 g/mol. The van der Waals surface area contributed by atoms with Gasteiger partial charge in [0.25, 0.3) is 5.91 Å². The van der Waals surface area contributed by atoms with Gasteiger partial charge in [-0.2, -0.15) is 5.26 Å². The molecule has 0 aliphatic rings. The zero-order valence-corrected chi connectivity index (χ0v) is 14.7. The summed E-state index contributed by atoms with van der Waals surface area (Å²) in [7, 11) is 0. The third-order valence-electron chi connectivity index (χ3n) is 3.49. The number of para-hydroxylation sites is 1. The Kier molecular flexibility index (Phi) is 5.71. The van der Waals surface area contributed by atoms with Gasteiger partial charge in [0.15, 0.2) is 11.6 Å². The Balaban J connectivity index is 2.16. The van der Waals surface area contributed by atoms with E-state index in [0.717, 1.165) is 0 Å². The van der Waals surface area contributed by atoms with E-state index in [1.807, 2.05) is 18.2 Å². The second-order valence-electron chi connectivity index (χ2n) is 5.42. The zero-order valence-electron chi connectivity index (χ0n) is 13.2. The smallest absolute Gasteiger partial charge is 0.262 e. The number of hydrogen-bond donors (Lipinski definition) is 1. The lowest BCUT2D eigenvalue weighted by molar-refractivity contribution is -0.128. The first-order valence-corrected chi connectivity index (χ1v) is 8.02. The highest BCUT2D eigenvalue weighted by molar-refractivity contribution is 6.35. The number of carbonyl (C=O) groups excluding carboxylic acids is 1. The second kappa shape index (κ2) is 7.57. The maximum absolute atomic E-state index is 12.4. The molecule has 6 heteroatoms. The zero-order chi connectivity index (χ0) is 17.7. The van der Waals surface area contributed by atoms with Gasteiger partial charge in [-0.3, -0.25) is 4.79 Å². The predicted molar refractivity (Wildman–Crippen MR) is 94.1 cm³/mol. The van der Waals surface area contributed by atoms with E-state index in [-0.39, 0.29) is 0 Å². The Hall–Kier alpha value is -2.22. The first-order chi connectivity index (χ1) is 11.4. The van der Waals surface area contributed by atoms with Crippen molar-refractivity contribution in [2.24, 2.45) is 0 Å². The van der Waals surface area contributed by atoms with E-state index in [1.165, 1.54) is 6.07 Å². The standard InChI is InChI=1S/C18H16Cl2N2O2/c1-12(24-14-6-4-3-5-7-14)17(23)22-18(2,11-21)15-9-8-13(19)10-16(15)20/h3-10,12H,1-2H3,(H,22,23). The number of amides is 1. The van der Waals surface area contributed by atoms with Gasteiger partial charge in [0, 0.05) is 15.6 Å². The number of rotatable bonds is 5. The van der Waals surface area contributed by atoms with E-state index < -0.39 is 17.6 Å². The molecule has 0 aliphatic carbocycles. The minimum absolute atomic E-state index is 0.309. The van der Waals surface area contributed by atoms with Crippen LogP contribution in [-0.2, 0) is 10.3 Å². The largest absolute Gasteiger partial charge is 0.481 e. The minimum Gasteiger partial charge on any atom is -0.481 e. The van der Waals surface area contributed by atoms with Crippen LogP contribution in [0.5, 0.6) is 5.75 Å². The maximum atomic E-state index is 12.4. The fourth-order valence-electron chi connectivity index (χ4n) is 2.16. The van der Waals surface area contributed by atoms with Crippen molar-refractivity contribution in [3.8, 4) is 11.8 Å². The molecule has 24 heavy (non-hydrogen) atoms. The highest BCUT2D eigenvalue weighted by Crippen LogP contribution is 2.30. The number of nitrogens with zero attached hydrogens (tertiary/aromatic N) is 1. The van der Waals surface area contributed by atoms with Crippen molar-refractivity contribution in [3.05, 3.63) is 64.1 Å². The van der Waals surface area contributed by atoms with E-state index in [2.05, 4.69) is 11.4 Å². The van der Waals surface area contributed by atoms with Crippen LogP contribution in [0.3, 0.4) is 0 Å². The molecule has 0 fully saturated rings. The molecule has 2 aromatic carbocycles. The molecule has 1 N–H and O–H groups in total. The van der Waals surface area contributed by atoms with Crippen LogP contribution >= 0.6 is 23.2 Å². The lowest BCUT2D eigenvalue weighted by Crippen LogP contribution is -2.47. The van der Waals surface area contributed by atoms with Gasteiger partial charge in [0.05, 0.1) is 6.07 Å². The number of halogens is 2. The summed E-state index contributed by atoms with van der Waals surface area (Å²) in [5, 5.41) is 13.0. The third-order valence-corrected chi connectivity index (χ3v) is 4.04. The Labute approximate surface area is 151 Å². The second-order valence-corrected chi connectivity index (χ2v) is 6.27. The number of ether oxygens (including phenoxy) is 1. The normalized spacial score (nSPS) is 14.1. The molecule has 0 heterocycles. The Bertz CT molecular complexity index is 774. The minimum atomic E-state index is -1.30. The van der Waals surface area contributed by atoms with Crippen molar-refractivity contribution >= 4 is 29.1 Å². The van der Waals surface area contributed by atoms with Crippen LogP contribution in [-0.4, -0.2) is 12.0 Å². The van der Waals surface area contributed by atoms with Crippen LogP contribution in [0, 0.1) is 11.3 Å². The van der Waals surface area contributed by atoms with Crippen molar-refractivity contribution in [1.29, 1.82) is 5.26 Å². The summed E-state index contributed by atoms with van der Waals surface area (Å²) in [4.78, 5) is 12.4. The topological polar surface area (TPSA) is 62.1 Å². The number of carbonyl (C=O) groups is 1. The Morgan fingerprint density at radius 3 is 2.50 bits per heavy atom. The molecule has 4 nitrogen and oxygen atoms in total. The van der Waals surface area contributed by atoms with Gasteiger partial charge in [-0.15, -0.1) is 0 Å². The van der Waals surface area contributed by atoms with Gasteiger partial charge in [0.2, 0.25) is 0 Å². The van der Waals surface area contributed by atoms with Gasteiger partial charge in [-0.05, 0) is 38.1 Å². The summed E-state index contributed by atoms with van der Waals surface area (Å²) in [6.07, 6.45) is -0.772. The van der Waals surface area contributed by atoms with E-state index in [9.17, 15) is 10.1 Å². The molecule has 0 aromatic heterocycles. The molecule has 0 spiro atoms. The van der Waals surface area contributed by atoms with E-state index >= 15 is 0 Å². The molecule has 2 atom stereocenters. The van der Waals surface area contributed by atoms with Gasteiger partial charge < -0.3 is 10.1 Å². The fourth-order valence-corrected chi connectivity index (χ4v) is 2.75. The van der Waals surface area contributed by atoms with Crippen LogP contribution in [0.15, 0.2) is 48.5 Å².